The summed E-state index contributed by atoms with van der Waals surface area (Å²) in [6.45, 7) is 3.96. The molecule has 5 rings (SSSR count). The Morgan fingerprint density at radius 3 is 2.20 bits per heavy atom. The standard InChI is InChI=1S/C27H22N4O9/c1-26(2)22-5-3-4-6-23(22)28(27(26)10-9-17-13-19(29(33)34)7-8-24(17)40-27)11-12-39-25(32)18-14-20(30(35)36)16-21(15-18)31(37)38/h3-10,13-16H,11-12H2,1-2H3. The molecule has 0 fully saturated rings. The van der Waals surface area contributed by atoms with E-state index in [1.54, 1.807) is 12.1 Å². The first-order chi connectivity index (χ1) is 18.9. The molecule has 0 amide bonds. The van der Waals surface area contributed by atoms with Gasteiger partial charge >= 0.3 is 5.97 Å². The van der Waals surface area contributed by atoms with E-state index < -0.39 is 43.3 Å². The van der Waals surface area contributed by atoms with Crippen LogP contribution in [0.4, 0.5) is 22.7 Å². The highest BCUT2D eigenvalue weighted by molar-refractivity contribution is 5.91. The number of ether oxygens (including phenoxy) is 2. The van der Waals surface area contributed by atoms with E-state index in [2.05, 4.69) is 0 Å². The second-order valence-corrected chi connectivity index (χ2v) is 9.79. The normalized spacial score (nSPS) is 18.0. The molecule has 1 spiro atoms. The average Bonchev–Trinajstić information content (AvgIpc) is 3.10. The molecule has 1 unspecified atom stereocenters. The maximum atomic E-state index is 12.8. The Kier molecular flexibility index (Phi) is 6.21. The van der Waals surface area contributed by atoms with Gasteiger partial charge < -0.3 is 14.4 Å². The summed E-state index contributed by atoms with van der Waals surface area (Å²) in [7, 11) is 0. The summed E-state index contributed by atoms with van der Waals surface area (Å²) >= 11 is 0. The first-order valence-electron chi connectivity index (χ1n) is 12.1. The van der Waals surface area contributed by atoms with Gasteiger partial charge in [-0.3, -0.25) is 30.3 Å². The van der Waals surface area contributed by atoms with Crippen LogP contribution in [0.3, 0.4) is 0 Å². The number of nitro groups is 3. The fraction of sp³-hybridized carbons (Fsp3) is 0.222. The van der Waals surface area contributed by atoms with E-state index in [1.165, 1.54) is 12.1 Å². The van der Waals surface area contributed by atoms with E-state index in [4.69, 9.17) is 9.47 Å². The summed E-state index contributed by atoms with van der Waals surface area (Å²) in [5, 5.41) is 33.6. The van der Waals surface area contributed by atoms with Crippen LogP contribution < -0.4 is 9.64 Å². The van der Waals surface area contributed by atoms with E-state index in [-0.39, 0.29) is 24.4 Å². The minimum absolute atomic E-state index is 0.0675. The lowest BCUT2D eigenvalue weighted by Crippen LogP contribution is -2.60. The zero-order valence-corrected chi connectivity index (χ0v) is 21.3. The van der Waals surface area contributed by atoms with Crippen molar-refractivity contribution in [1.82, 2.24) is 0 Å². The van der Waals surface area contributed by atoms with Crippen molar-refractivity contribution in [2.24, 2.45) is 0 Å². The lowest BCUT2D eigenvalue weighted by atomic mass is 9.76. The van der Waals surface area contributed by atoms with E-state index >= 15 is 0 Å². The van der Waals surface area contributed by atoms with Crippen molar-refractivity contribution >= 4 is 34.8 Å². The van der Waals surface area contributed by atoms with Crippen LogP contribution in [0.5, 0.6) is 5.75 Å². The third kappa shape index (κ3) is 4.17. The number of para-hydroxylation sites is 1. The van der Waals surface area contributed by atoms with Gasteiger partial charge in [0.25, 0.3) is 17.1 Å². The zero-order valence-electron chi connectivity index (χ0n) is 21.3. The van der Waals surface area contributed by atoms with Crippen molar-refractivity contribution in [3.05, 3.63) is 114 Å². The third-order valence-electron chi connectivity index (χ3n) is 7.23. The molecule has 13 nitrogen and oxygen atoms in total. The molecule has 2 aliphatic rings. The van der Waals surface area contributed by atoms with E-state index in [0.717, 1.165) is 29.4 Å². The summed E-state index contributed by atoms with van der Waals surface area (Å²) in [6.07, 6.45) is 3.59. The van der Waals surface area contributed by atoms with Gasteiger partial charge in [-0.1, -0.05) is 18.2 Å². The Labute approximate surface area is 226 Å². The molecule has 3 aromatic carbocycles. The van der Waals surface area contributed by atoms with Gasteiger partial charge in [-0.15, -0.1) is 0 Å². The highest BCUT2D eigenvalue weighted by Crippen LogP contribution is 2.54. The number of esters is 1. The molecule has 3 aromatic rings. The smallest absolute Gasteiger partial charge is 0.338 e. The van der Waals surface area contributed by atoms with Crippen LogP contribution in [0.2, 0.25) is 0 Å². The SMILES string of the molecule is CC1(C)c2ccccc2N(CCOC(=O)c2cc([N+](=O)[O-])cc([N+](=O)[O-])c2)C12C=Cc1cc([N+](=O)[O-])ccc1O2. The van der Waals surface area contributed by atoms with Crippen LogP contribution in [0.15, 0.2) is 66.7 Å². The Balaban J connectivity index is 1.44. The summed E-state index contributed by atoms with van der Waals surface area (Å²) < 4.78 is 12.0. The highest BCUT2D eigenvalue weighted by atomic mass is 16.6. The van der Waals surface area contributed by atoms with Crippen molar-refractivity contribution < 1.29 is 29.0 Å². The van der Waals surface area contributed by atoms with Gasteiger partial charge in [0.2, 0.25) is 5.72 Å². The molecular weight excluding hydrogens is 524 g/mol. The number of benzene rings is 3. The molecule has 13 heteroatoms. The Hall–Kier alpha value is -5.33. The van der Waals surface area contributed by atoms with Gasteiger partial charge in [-0.25, -0.2) is 4.79 Å². The molecule has 0 N–H and O–H groups in total. The van der Waals surface area contributed by atoms with Gasteiger partial charge in [0.15, 0.2) is 0 Å². The number of anilines is 1. The third-order valence-corrected chi connectivity index (χ3v) is 7.23. The van der Waals surface area contributed by atoms with Gasteiger partial charge in [-0.2, -0.15) is 0 Å². The van der Waals surface area contributed by atoms with Gasteiger partial charge in [0.1, 0.15) is 12.4 Å². The number of carbonyl (C=O) groups excluding carboxylic acids is 1. The van der Waals surface area contributed by atoms with Crippen LogP contribution >= 0.6 is 0 Å². The predicted molar refractivity (Wildman–Crippen MR) is 142 cm³/mol. The number of nitro benzene ring substituents is 3. The first kappa shape index (κ1) is 26.3. The van der Waals surface area contributed by atoms with Crippen LogP contribution in [0, 0.1) is 30.3 Å². The second kappa shape index (κ2) is 9.45. The molecule has 0 radical (unpaired) electrons. The monoisotopic (exact) mass is 546 g/mol. The van der Waals surface area contributed by atoms with Crippen LogP contribution in [-0.2, 0) is 10.2 Å². The lowest BCUT2D eigenvalue weighted by molar-refractivity contribution is -0.394. The van der Waals surface area contributed by atoms with Gasteiger partial charge in [0, 0.05) is 35.5 Å². The van der Waals surface area contributed by atoms with E-state index in [0.29, 0.717) is 11.3 Å². The zero-order chi connectivity index (χ0) is 28.8. The van der Waals surface area contributed by atoms with Crippen LogP contribution in [0.25, 0.3) is 6.08 Å². The minimum Gasteiger partial charge on any atom is -0.463 e. The summed E-state index contributed by atoms with van der Waals surface area (Å²) in [5.41, 5.74) is -0.963. The fourth-order valence-electron chi connectivity index (χ4n) is 5.23. The number of carbonyl (C=O) groups is 1. The number of hydrogen-bond acceptors (Lipinski definition) is 10. The Morgan fingerprint density at radius 2 is 1.55 bits per heavy atom. The molecule has 0 bridgehead atoms. The molecular formula is C27H22N4O9. The summed E-state index contributed by atoms with van der Waals surface area (Å²) in [6, 6.07) is 14.6. The van der Waals surface area contributed by atoms with Crippen molar-refractivity contribution in [2.75, 3.05) is 18.1 Å². The van der Waals surface area contributed by atoms with E-state index in [9.17, 15) is 35.1 Å². The average molecular weight is 546 g/mol. The largest absolute Gasteiger partial charge is 0.463 e. The lowest BCUT2D eigenvalue weighted by Gasteiger charge is -2.47. The van der Waals surface area contributed by atoms with Gasteiger partial charge in [-0.05, 0) is 43.7 Å². The number of non-ortho nitro benzene ring substituents is 3. The topological polar surface area (TPSA) is 168 Å². The van der Waals surface area contributed by atoms with Crippen LogP contribution in [0.1, 0.15) is 35.3 Å². The molecule has 0 aliphatic carbocycles. The van der Waals surface area contributed by atoms with Gasteiger partial charge in [0.05, 0.1) is 38.4 Å². The minimum atomic E-state index is -1.09. The van der Waals surface area contributed by atoms with Crippen molar-refractivity contribution in [1.29, 1.82) is 0 Å². The Morgan fingerprint density at radius 1 is 0.900 bits per heavy atom. The molecule has 40 heavy (non-hydrogen) atoms. The summed E-state index contributed by atoms with van der Waals surface area (Å²) in [5.74, 6) is -0.509. The molecule has 2 heterocycles. The van der Waals surface area contributed by atoms with Crippen molar-refractivity contribution in [3.63, 3.8) is 0 Å². The maximum absolute atomic E-state index is 12.8. The predicted octanol–water partition coefficient (Wildman–Crippen LogP) is 5.17. The molecule has 0 saturated carbocycles. The molecule has 204 valence electrons. The number of fused-ring (bicyclic) bond motifs is 2. The second-order valence-electron chi connectivity index (χ2n) is 9.79. The molecule has 0 saturated heterocycles. The number of nitrogens with zero attached hydrogens (tertiary/aromatic N) is 4. The number of hydrogen-bond donors (Lipinski definition) is 0. The maximum Gasteiger partial charge on any atom is 0.338 e. The van der Waals surface area contributed by atoms with E-state index in [1.807, 2.05) is 49.1 Å². The van der Waals surface area contributed by atoms with Crippen molar-refractivity contribution in [3.8, 4) is 5.75 Å². The fourth-order valence-corrected chi connectivity index (χ4v) is 5.23. The molecule has 1 atom stereocenters. The Bertz CT molecular complexity index is 1580. The number of rotatable bonds is 7. The highest BCUT2D eigenvalue weighted by Gasteiger charge is 2.58. The summed E-state index contributed by atoms with van der Waals surface area (Å²) in [4.78, 5) is 46.2. The van der Waals surface area contributed by atoms with Crippen LogP contribution in [-0.4, -0.2) is 39.6 Å². The van der Waals surface area contributed by atoms with Crippen molar-refractivity contribution in [2.45, 2.75) is 25.0 Å². The molecule has 2 aliphatic heterocycles. The first-order valence-corrected chi connectivity index (χ1v) is 12.1. The molecule has 0 aromatic heterocycles. The quantitative estimate of drug-likeness (QED) is 0.219.